The maximum absolute atomic E-state index is 12.1. The van der Waals surface area contributed by atoms with Gasteiger partial charge in [-0.1, -0.05) is 54.6 Å². The maximum atomic E-state index is 12.1. The Morgan fingerprint density at radius 2 is 1.78 bits per heavy atom. The van der Waals surface area contributed by atoms with Gasteiger partial charge < -0.3 is 0 Å². The molecule has 2 aromatic carbocycles. The molecule has 1 aliphatic carbocycles. The van der Waals surface area contributed by atoms with Crippen molar-refractivity contribution < 1.29 is 9.59 Å². The second-order valence-electron chi connectivity index (χ2n) is 5.88. The molecule has 0 bridgehead atoms. The zero-order valence-corrected chi connectivity index (χ0v) is 12.9. The summed E-state index contributed by atoms with van der Waals surface area (Å²) in [6.07, 6.45) is 6.87. The fourth-order valence-electron chi connectivity index (χ4n) is 2.96. The molecule has 118 valence electrons. The summed E-state index contributed by atoms with van der Waals surface area (Å²) in [5.74, 6) is -0.0607. The lowest BCUT2D eigenvalue weighted by molar-refractivity contribution is -0.128. The van der Waals surface area contributed by atoms with Crippen LogP contribution in [0.25, 0.3) is 10.8 Å². The van der Waals surface area contributed by atoms with E-state index < -0.39 is 0 Å². The summed E-state index contributed by atoms with van der Waals surface area (Å²) in [6, 6.07) is 13.9. The van der Waals surface area contributed by atoms with Gasteiger partial charge in [0.25, 0.3) is 0 Å². The first-order chi connectivity index (χ1) is 11.2. The molecular weight excluding hydrogens is 288 g/mol. The van der Waals surface area contributed by atoms with Gasteiger partial charge in [0.2, 0.25) is 11.8 Å². The Balaban J connectivity index is 1.54. The average molecular weight is 308 g/mol. The minimum atomic E-state index is -0.211. The highest BCUT2D eigenvalue weighted by Crippen LogP contribution is 2.20. The first kappa shape index (κ1) is 15.3. The number of hydrazine groups is 1. The van der Waals surface area contributed by atoms with Crippen molar-refractivity contribution in [2.24, 2.45) is 5.92 Å². The largest absolute Gasteiger partial charge is 0.273 e. The molecule has 2 aromatic rings. The Hall–Kier alpha value is -2.62. The number of benzene rings is 2. The quantitative estimate of drug-likeness (QED) is 0.674. The van der Waals surface area contributed by atoms with E-state index in [4.69, 9.17) is 0 Å². The summed E-state index contributed by atoms with van der Waals surface area (Å²) in [4.78, 5) is 23.9. The standard InChI is InChI=1S/C19H20N2O2/c22-18(12-14-6-1-2-7-14)20-21-19(23)13-16-10-5-9-15-8-3-4-11-17(15)16/h1,3-6,8-11,14H,2,7,12-13H2,(H,20,22)(H,21,23)/t14-/m0/s1. The molecule has 1 aliphatic rings. The van der Waals surface area contributed by atoms with Crippen LogP contribution in [0.1, 0.15) is 24.8 Å². The predicted octanol–water partition coefficient (Wildman–Crippen LogP) is 2.89. The molecular formula is C19H20N2O2. The summed E-state index contributed by atoms with van der Waals surface area (Å²) in [7, 11) is 0. The van der Waals surface area contributed by atoms with Crippen LogP contribution < -0.4 is 10.9 Å². The van der Waals surface area contributed by atoms with E-state index in [1.54, 1.807) is 0 Å². The Morgan fingerprint density at radius 3 is 2.61 bits per heavy atom. The molecule has 0 fully saturated rings. The predicted molar refractivity (Wildman–Crippen MR) is 90.4 cm³/mol. The van der Waals surface area contributed by atoms with E-state index in [-0.39, 0.29) is 18.2 Å². The normalized spacial score (nSPS) is 16.4. The van der Waals surface area contributed by atoms with Crippen molar-refractivity contribution >= 4 is 22.6 Å². The van der Waals surface area contributed by atoms with E-state index in [1.807, 2.05) is 42.5 Å². The van der Waals surface area contributed by atoms with Crippen LogP contribution in [0, 0.1) is 5.92 Å². The van der Waals surface area contributed by atoms with E-state index in [9.17, 15) is 9.59 Å². The van der Waals surface area contributed by atoms with Gasteiger partial charge in [-0.25, -0.2) is 0 Å². The van der Waals surface area contributed by atoms with E-state index >= 15 is 0 Å². The summed E-state index contributed by atoms with van der Waals surface area (Å²) in [5, 5.41) is 2.17. The lowest BCUT2D eigenvalue weighted by atomic mass is 10.0. The van der Waals surface area contributed by atoms with E-state index in [2.05, 4.69) is 23.0 Å². The molecule has 0 saturated heterocycles. The van der Waals surface area contributed by atoms with Gasteiger partial charge in [-0.3, -0.25) is 20.4 Å². The molecule has 4 heteroatoms. The van der Waals surface area contributed by atoms with Gasteiger partial charge in [0.15, 0.2) is 0 Å². The van der Waals surface area contributed by atoms with Crippen molar-refractivity contribution in [2.75, 3.05) is 0 Å². The highest BCUT2D eigenvalue weighted by molar-refractivity contribution is 5.90. The Kier molecular flexibility index (Phi) is 4.71. The molecule has 3 rings (SSSR count). The van der Waals surface area contributed by atoms with E-state index in [0.29, 0.717) is 12.3 Å². The summed E-state index contributed by atoms with van der Waals surface area (Å²) in [6.45, 7) is 0. The van der Waals surface area contributed by atoms with Crippen LogP contribution >= 0.6 is 0 Å². The van der Waals surface area contributed by atoms with Gasteiger partial charge in [-0.05, 0) is 35.1 Å². The highest BCUT2D eigenvalue weighted by atomic mass is 16.2. The van der Waals surface area contributed by atoms with Crippen LogP contribution in [0.5, 0.6) is 0 Å². The number of hydrogen-bond acceptors (Lipinski definition) is 2. The lowest BCUT2D eigenvalue weighted by Crippen LogP contribution is -2.42. The molecule has 0 saturated carbocycles. The molecule has 0 heterocycles. The monoisotopic (exact) mass is 308 g/mol. The van der Waals surface area contributed by atoms with Crippen molar-refractivity contribution in [3.8, 4) is 0 Å². The van der Waals surface area contributed by atoms with Crippen molar-refractivity contribution in [3.63, 3.8) is 0 Å². The fourth-order valence-corrected chi connectivity index (χ4v) is 2.96. The summed E-state index contributed by atoms with van der Waals surface area (Å²) < 4.78 is 0. The second-order valence-corrected chi connectivity index (χ2v) is 5.88. The third-order valence-corrected chi connectivity index (χ3v) is 4.13. The van der Waals surface area contributed by atoms with Gasteiger partial charge in [0, 0.05) is 6.42 Å². The van der Waals surface area contributed by atoms with Crippen LogP contribution in [0.2, 0.25) is 0 Å². The number of hydrogen-bond donors (Lipinski definition) is 2. The Labute approximate surface area is 135 Å². The minimum Gasteiger partial charge on any atom is -0.273 e. The van der Waals surface area contributed by atoms with Gasteiger partial charge in [0.1, 0.15) is 0 Å². The van der Waals surface area contributed by atoms with Crippen molar-refractivity contribution in [3.05, 3.63) is 60.2 Å². The first-order valence-corrected chi connectivity index (χ1v) is 7.93. The topological polar surface area (TPSA) is 58.2 Å². The van der Waals surface area contributed by atoms with Crippen molar-refractivity contribution in [1.82, 2.24) is 10.9 Å². The molecule has 2 N–H and O–H groups in total. The molecule has 0 unspecified atom stereocenters. The SMILES string of the molecule is O=C(Cc1cccc2ccccc12)NNC(=O)C[C@H]1C=CCC1. The molecule has 2 amide bonds. The van der Waals surface area contributed by atoms with E-state index in [1.165, 1.54) is 0 Å². The van der Waals surface area contributed by atoms with Gasteiger partial charge >= 0.3 is 0 Å². The third kappa shape index (κ3) is 3.97. The van der Waals surface area contributed by atoms with Crippen LogP contribution in [0.3, 0.4) is 0 Å². The number of nitrogens with one attached hydrogen (secondary N) is 2. The number of carbonyl (C=O) groups is 2. The zero-order valence-electron chi connectivity index (χ0n) is 12.9. The third-order valence-electron chi connectivity index (χ3n) is 4.13. The van der Waals surface area contributed by atoms with Crippen molar-refractivity contribution in [1.29, 1.82) is 0 Å². The van der Waals surface area contributed by atoms with Crippen LogP contribution in [-0.2, 0) is 16.0 Å². The lowest BCUT2D eigenvalue weighted by Gasteiger charge is -2.11. The summed E-state index contributed by atoms with van der Waals surface area (Å²) in [5.41, 5.74) is 5.96. The molecule has 4 nitrogen and oxygen atoms in total. The van der Waals surface area contributed by atoms with Gasteiger partial charge in [-0.15, -0.1) is 0 Å². The number of fused-ring (bicyclic) bond motifs is 1. The van der Waals surface area contributed by atoms with Gasteiger partial charge in [0.05, 0.1) is 6.42 Å². The Morgan fingerprint density at radius 1 is 1.00 bits per heavy atom. The van der Waals surface area contributed by atoms with Crippen molar-refractivity contribution in [2.45, 2.75) is 25.7 Å². The number of amides is 2. The first-order valence-electron chi connectivity index (χ1n) is 7.93. The number of allylic oxidation sites excluding steroid dienone is 2. The second kappa shape index (κ2) is 7.09. The fraction of sp³-hybridized carbons (Fsp3) is 0.263. The van der Waals surface area contributed by atoms with Crippen LogP contribution in [-0.4, -0.2) is 11.8 Å². The molecule has 0 radical (unpaired) electrons. The molecule has 1 atom stereocenters. The van der Waals surface area contributed by atoms with Crippen LogP contribution in [0.15, 0.2) is 54.6 Å². The smallest absolute Gasteiger partial charge is 0.242 e. The Bertz CT molecular complexity index is 747. The molecule has 0 aromatic heterocycles. The number of rotatable bonds is 4. The zero-order chi connectivity index (χ0) is 16.1. The molecule has 0 spiro atoms. The van der Waals surface area contributed by atoms with Gasteiger partial charge in [-0.2, -0.15) is 0 Å². The summed E-state index contributed by atoms with van der Waals surface area (Å²) >= 11 is 0. The molecule has 0 aliphatic heterocycles. The maximum Gasteiger partial charge on any atom is 0.242 e. The highest BCUT2D eigenvalue weighted by Gasteiger charge is 2.14. The average Bonchev–Trinajstić information content (AvgIpc) is 3.06. The van der Waals surface area contributed by atoms with Crippen LogP contribution in [0.4, 0.5) is 0 Å². The molecule has 23 heavy (non-hydrogen) atoms. The van der Waals surface area contributed by atoms with E-state index in [0.717, 1.165) is 29.2 Å². The number of carbonyl (C=O) groups excluding carboxylic acids is 2. The minimum absolute atomic E-state index is 0.146.